The smallest absolute Gasteiger partial charge is 0.410 e. The fraction of sp³-hybridized carbons (Fsp3) is 0.591. The van der Waals surface area contributed by atoms with Crippen LogP contribution in [0.1, 0.15) is 26.2 Å². The summed E-state index contributed by atoms with van der Waals surface area (Å²) in [6, 6.07) is 6.95. The molecule has 0 bridgehead atoms. The van der Waals surface area contributed by atoms with E-state index >= 15 is 0 Å². The Hall–Kier alpha value is -2.55. The van der Waals surface area contributed by atoms with Crippen LogP contribution >= 0.6 is 11.6 Å². The molecule has 2 amide bonds. The standard InChI is InChI=1S/C22H28ClN5O5S/c1-2-26-7-9-27(10-8-26)16-3-4-19(18(23)11-16)34(31,32)17-12-20(28(13-17)15-29)33-21(30)25-22(14-24)5-6-22/h3-4,11,15,17,20H,2,5-10,12-13H2,1H3,(H,25,30)/t17-,20+/m1/s1. The van der Waals surface area contributed by atoms with Crippen LogP contribution in [0.15, 0.2) is 23.1 Å². The van der Waals surface area contributed by atoms with Crippen molar-refractivity contribution in [2.24, 2.45) is 0 Å². The third-order valence-corrected chi connectivity index (χ3v) is 9.39. The second-order valence-corrected chi connectivity index (χ2v) is 11.5. The molecule has 2 saturated heterocycles. The van der Waals surface area contributed by atoms with Crippen molar-refractivity contribution in [1.82, 2.24) is 15.1 Å². The Balaban J connectivity index is 1.44. The van der Waals surface area contributed by atoms with Gasteiger partial charge in [0.1, 0.15) is 5.54 Å². The second kappa shape index (κ2) is 9.60. The van der Waals surface area contributed by atoms with Crippen molar-refractivity contribution in [3.63, 3.8) is 0 Å². The number of nitriles is 1. The van der Waals surface area contributed by atoms with Crippen molar-refractivity contribution >= 4 is 39.6 Å². The average Bonchev–Trinajstić information content (AvgIpc) is 3.48. The largest absolute Gasteiger partial charge is 0.425 e. The van der Waals surface area contributed by atoms with Crippen molar-refractivity contribution in [1.29, 1.82) is 5.26 Å². The van der Waals surface area contributed by atoms with Crippen molar-refractivity contribution in [3.05, 3.63) is 23.2 Å². The summed E-state index contributed by atoms with van der Waals surface area (Å²) in [5.74, 6) is 0. The molecule has 4 rings (SSSR count). The molecule has 1 saturated carbocycles. The number of carbonyl (C=O) groups is 2. The number of ether oxygens (including phenoxy) is 1. The molecule has 2 atom stereocenters. The van der Waals surface area contributed by atoms with Crippen molar-refractivity contribution in [2.45, 2.75) is 48.1 Å². The number of hydrogen-bond acceptors (Lipinski definition) is 8. The molecule has 2 aliphatic heterocycles. The Morgan fingerprint density at radius 1 is 1.32 bits per heavy atom. The van der Waals surface area contributed by atoms with Crippen LogP contribution in [0.3, 0.4) is 0 Å². The molecule has 34 heavy (non-hydrogen) atoms. The number of benzene rings is 1. The zero-order valence-corrected chi connectivity index (χ0v) is 20.5. The van der Waals surface area contributed by atoms with Gasteiger partial charge in [0, 0.05) is 44.8 Å². The van der Waals surface area contributed by atoms with Gasteiger partial charge in [0.05, 0.1) is 21.2 Å². The third kappa shape index (κ3) is 4.94. The molecule has 1 aromatic rings. The van der Waals surface area contributed by atoms with E-state index in [9.17, 15) is 18.0 Å². The Morgan fingerprint density at radius 2 is 2.03 bits per heavy atom. The number of likely N-dealkylation sites (tertiary alicyclic amines) is 1. The monoisotopic (exact) mass is 509 g/mol. The Morgan fingerprint density at radius 3 is 2.59 bits per heavy atom. The van der Waals surface area contributed by atoms with Gasteiger partial charge in [0.2, 0.25) is 6.41 Å². The number of rotatable bonds is 7. The number of sulfone groups is 1. The van der Waals surface area contributed by atoms with Gasteiger partial charge in [-0.1, -0.05) is 18.5 Å². The lowest BCUT2D eigenvalue weighted by molar-refractivity contribution is -0.124. The molecule has 12 heteroatoms. The third-order valence-electron chi connectivity index (χ3n) is 6.78. The molecular weight excluding hydrogens is 482 g/mol. The summed E-state index contributed by atoms with van der Waals surface area (Å²) in [5, 5.41) is 10.7. The summed E-state index contributed by atoms with van der Waals surface area (Å²) in [7, 11) is -3.89. The number of anilines is 1. The molecular formula is C22H28ClN5O5S. The lowest BCUT2D eigenvalue weighted by atomic mass is 10.2. The molecule has 184 valence electrons. The predicted octanol–water partition coefficient (Wildman–Crippen LogP) is 1.59. The van der Waals surface area contributed by atoms with E-state index in [1.807, 2.05) is 6.07 Å². The molecule has 0 spiro atoms. The first-order valence-corrected chi connectivity index (χ1v) is 13.3. The summed E-state index contributed by atoms with van der Waals surface area (Å²) in [6.07, 6.45) is -0.448. The van der Waals surface area contributed by atoms with Crippen molar-refractivity contribution < 1.29 is 22.7 Å². The zero-order valence-electron chi connectivity index (χ0n) is 18.9. The van der Waals surface area contributed by atoms with E-state index in [0.717, 1.165) is 43.3 Å². The molecule has 0 radical (unpaired) electrons. The van der Waals surface area contributed by atoms with Crippen LogP contribution in [0.5, 0.6) is 0 Å². The van der Waals surface area contributed by atoms with Gasteiger partial charge >= 0.3 is 6.09 Å². The van der Waals surface area contributed by atoms with E-state index < -0.39 is 32.9 Å². The van der Waals surface area contributed by atoms with Crippen LogP contribution in [0.4, 0.5) is 10.5 Å². The summed E-state index contributed by atoms with van der Waals surface area (Å²) in [4.78, 5) is 29.4. The van der Waals surface area contributed by atoms with E-state index in [1.54, 1.807) is 12.1 Å². The maximum absolute atomic E-state index is 13.4. The SMILES string of the molecule is CCN1CCN(c2ccc(S(=O)(=O)[C@@H]3C[C@H](OC(=O)NC4(C#N)CC4)N(C=O)C3)c(Cl)c2)CC1. The first-order valence-electron chi connectivity index (χ1n) is 11.3. The molecule has 3 fully saturated rings. The van der Waals surface area contributed by atoms with Crippen LogP contribution in [-0.2, 0) is 19.4 Å². The first-order chi connectivity index (χ1) is 16.2. The molecule has 10 nitrogen and oxygen atoms in total. The van der Waals surface area contributed by atoms with Crippen molar-refractivity contribution in [2.75, 3.05) is 44.2 Å². The van der Waals surface area contributed by atoms with Crippen LogP contribution in [-0.4, -0.2) is 87.0 Å². The van der Waals surface area contributed by atoms with Crippen LogP contribution in [0, 0.1) is 11.3 Å². The van der Waals surface area contributed by atoms with Crippen LogP contribution in [0.2, 0.25) is 5.02 Å². The van der Waals surface area contributed by atoms with Crippen LogP contribution < -0.4 is 10.2 Å². The highest BCUT2D eigenvalue weighted by molar-refractivity contribution is 7.92. The summed E-state index contributed by atoms with van der Waals surface area (Å²) < 4.78 is 32.0. The van der Waals surface area contributed by atoms with Gasteiger partial charge in [0.25, 0.3) is 0 Å². The summed E-state index contributed by atoms with van der Waals surface area (Å²) >= 11 is 6.43. The normalized spacial score (nSPS) is 24.4. The Labute approximate surface area is 204 Å². The van der Waals surface area contributed by atoms with Crippen LogP contribution in [0.25, 0.3) is 0 Å². The molecule has 0 unspecified atom stereocenters. The van der Waals surface area contributed by atoms with E-state index in [-0.39, 0.29) is 22.9 Å². The summed E-state index contributed by atoms with van der Waals surface area (Å²) in [6.45, 7) is 6.53. The zero-order chi connectivity index (χ0) is 24.5. The first kappa shape index (κ1) is 24.6. The second-order valence-electron chi connectivity index (χ2n) is 8.92. The van der Waals surface area contributed by atoms with E-state index in [0.29, 0.717) is 19.3 Å². The number of carbonyl (C=O) groups excluding carboxylic acids is 2. The number of likely N-dealkylation sites (N-methyl/N-ethyl adjacent to an activating group) is 1. The molecule has 1 aromatic carbocycles. The van der Waals surface area contributed by atoms with Gasteiger partial charge in [0.15, 0.2) is 16.1 Å². The lowest BCUT2D eigenvalue weighted by Crippen LogP contribution is -2.46. The van der Waals surface area contributed by atoms with Gasteiger partial charge < -0.3 is 24.8 Å². The van der Waals surface area contributed by atoms with Crippen molar-refractivity contribution in [3.8, 4) is 6.07 Å². The van der Waals surface area contributed by atoms with Gasteiger partial charge in [-0.2, -0.15) is 5.26 Å². The van der Waals surface area contributed by atoms with Gasteiger partial charge in [-0.3, -0.25) is 4.79 Å². The lowest BCUT2D eigenvalue weighted by Gasteiger charge is -2.35. The molecule has 3 aliphatic rings. The number of halogens is 1. The Kier molecular flexibility index (Phi) is 6.94. The number of alkyl carbamates (subject to hydrolysis) is 1. The highest BCUT2D eigenvalue weighted by Crippen LogP contribution is 2.36. The summed E-state index contributed by atoms with van der Waals surface area (Å²) in [5.41, 5.74) is -0.0592. The maximum atomic E-state index is 13.4. The van der Waals surface area contributed by atoms with E-state index in [2.05, 4.69) is 22.0 Å². The molecule has 2 heterocycles. The van der Waals surface area contributed by atoms with Gasteiger partial charge in [-0.25, -0.2) is 13.2 Å². The number of piperazine rings is 1. The van der Waals surface area contributed by atoms with E-state index in [4.69, 9.17) is 21.6 Å². The van der Waals surface area contributed by atoms with Gasteiger partial charge in [-0.05, 0) is 37.6 Å². The minimum absolute atomic E-state index is 0.00697. The molecule has 1 aliphatic carbocycles. The van der Waals surface area contributed by atoms with Gasteiger partial charge in [-0.15, -0.1) is 0 Å². The maximum Gasteiger partial charge on any atom is 0.410 e. The highest BCUT2D eigenvalue weighted by atomic mass is 35.5. The average molecular weight is 510 g/mol. The highest BCUT2D eigenvalue weighted by Gasteiger charge is 2.47. The number of amides is 2. The quantitative estimate of drug-likeness (QED) is 0.550. The topological polar surface area (TPSA) is 123 Å². The Bertz CT molecular complexity index is 1100. The number of nitrogens with one attached hydrogen (secondary N) is 1. The fourth-order valence-corrected chi connectivity index (χ4v) is 6.63. The minimum atomic E-state index is -3.89. The number of nitrogens with zero attached hydrogens (tertiary/aromatic N) is 4. The molecule has 0 aromatic heterocycles. The number of hydrogen-bond donors (Lipinski definition) is 1. The van der Waals surface area contributed by atoms with E-state index in [1.165, 1.54) is 6.07 Å². The molecule has 1 N–H and O–H groups in total. The minimum Gasteiger partial charge on any atom is -0.425 e. The predicted molar refractivity (Wildman–Crippen MR) is 125 cm³/mol. The fourth-order valence-electron chi connectivity index (χ4n) is 4.40.